The molecule has 0 saturated carbocycles. The highest BCUT2D eigenvalue weighted by molar-refractivity contribution is 7.22. The number of rotatable bonds is 4. The van der Waals surface area contributed by atoms with Crippen LogP contribution in [0.4, 0.5) is 13.9 Å². The van der Waals surface area contributed by atoms with E-state index in [0.717, 1.165) is 23.0 Å². The predicted molar refractivity (Wildman–Crippen MR) is 103 cm³/mol. The molecule has 1 aliphatic rings. The Balaban J connectivity index is 1.38. The minimum Gasteiger partial charge on any atom is -0.342 e. The van der Waals surface area contributed by atoms with Gasteiger partial charge in [-0.05, 0) is 18.1 Å². The summed E-state index contributed by atoms with van der Waals surface area (Å²) in [6.07, 6.45) is 0.859. The fourth-order valence-corrected chi connectivity index (χ4v) is 4.21. The zero-order chi connectivity index (χ0) is 19.7. The van der Waals surface area contributed by atoms with Crippen LogP contribution < -0.4 is 5.32 Å². The summed E-state index contributed by atoms with van der Waals surface area (Å²) in [5, 5.41) is 2.89. The van der Waals surface area contributed by atoms with Crippen LogP contribution in [0.25, 0.3) is 10.2 Å². The summed E-state index contributed by atoms with van der Waals surface area (Å²) in [7, 11) is 0. The Morgan fingerprint density at radius 2 is 2.00 bits per heavy atom. The van der Waals surface area contributed by atoms with Crippen LogP contribution in [-0.2, 0) is 16.0 Å². The van der Waals surface area contributed by atoms with Crippen molar-refractivity contribution in [3.63, 3.8) is 0 Å². The number of amides is 2. The molecule has 0 spiro atoms. The molecule has 0 radical (unpaired) electrons. The molecule has 1 saturated heterocycles. The molecule has 1 atom stereocenters. The largest absolute Gasteiger partial charge is 0.342 e. The van der Waals surface area contributed by atoms with E-state index in [-0.39, 0.29) is 28.4 Å². The van der Waals surface area contributed by atoms with E-state index in [4.69, 9.17) is 0 Å². The third-order valence-electron chi connectivity index (χ3n) is 4.75. The van der Waals surface area contributed by atoms with E-state index < -0.39 is 11.6 Å². The molecule has 1 N–H and O–H groups in total. The maximum absolute atomic E-state index is 13.8. The Kier molecular flexibility index (Phi) is 5.04. The second-order valence-electron chi connectivity index (χ2n) is 6.73. The van der Waals surface area contributed by atoms with Gasteiger partial charge in [-0.2, -0.15) is 0 Å². The molecule has 2 aromatic carbocycles. The molecule has 1 aromatic heterocycles. The van der Waals surface area contributed by atoms with Crippen LogP contribution in [0, 0.1) is 17.6 Å². The number of carbonyl (C=O) groups excluding carboxylic acids is 2. The second kappa shape index (κ2) is 7.63. The quantitative estimate of drug-likeness (QED) is 0.727. The Morgan fingerprint density at radius 1 is 1.21 bits per heavy atom. The van der Waals surface area contributed by atoms with Gasteiger partial charge in [0.05, 0.1) is 17.0 Å². The molecule has 5 nitrogen and oxygen atoms in total. The summed E-state index contributed by atoms with van der Waals surface area (Å²) in [6.45, 7) is 0.856. The fourth-order valence-electron chi connectivity index (χ4n) is 3.30. The van der Waals surface area contributed by atoms with E-state index in [1.807, 2.05) is 30.3 Å². The fraction of sp³-hybridized carbons (Fsp3) is 0.250. The lowest BCUT2D eigenvalue weighted by atomic mass is 10.1. The highest BCUT2D eigenvalue weighted by Gasteiger charge is 2.31. The smallest absolute Gasteiger partial charge is 0.231 e. The third kappa shape index (κ3) is 3.87. The number of halogens is 2. The number of anilines is 1. The standard InChI is InChI=1S/C20H17F2N3O2S/c21-14-9-15(22)18-16(10-14)28-20(23-18)24-19(27)13-6-7-25(11-13)17(26)8-12-4-2-1-3-5-12/h1-5,9-10,13H,6-8,11H2,(H,23,24,27). The number of hydrogen-bond donors (Lipinski definition) is 1. The normalized spacial score (nSPS) is 16.5. The van der Waals surface area contributed by atoms with Gasteiger partial charge >= 0.3 is 0 Å². The lowest BCUT2D eigenvalue weighted by Crippen LogP contribution is -2.32. The molecular formula is C20H17F2N3O2S. The topological polar surface area (TPSA) is 62.3 Å². The molecule has 4 rings (SSSR count). The molecule has 0 bridgehead atoms. The molecule has 8 heteroatoms. The number of benzene rings is 2. The van der Waals surface area contributed by atoms with Gasteiger partial charge in [-0.25, -0.2) is 13.8 Å². The van der Waals surface area contributed by atoms with Crippen LogP contribution in [0.15, 0.2) is 42.5 Å². The van der Waals surface area contributed by atoms with Crippen LogP contribution in [0.2, 0.25) is 0 Å². The van der Waals surface area contributed by atoms with E-state index >= 15 is 0 Å². The summed E-state index contributed by atoms with van der Waals surface area (Å²) in [5.74, 6) is -2.08. The minimum atomic E-state index is -0.759. The first kappa shape index (κ1) is 18.5. The van der Waals surface area contributed by atoms with E-state index in [9.17, 15) is 18.4 Å². The third-order valence-corrected chi connectivity index (χ3v) is 5.67. The Hall–Kier alpha value is -2.87. The molecule has 1 unspecified atom stereocenters. The monoisotopic (exact) mass is 401 g/mol. The Morgan fingerprint density at radius 3 is 2.79 bits per heavy atom. The SMILES string of the molecule is O=C(Nc1nc2c(F)cc(F)cc2s1)C1CCN(C(=O)Cc2ccccc2)C1. The first-order chi connectivity index (χ1) is 13.5. The van der Waals surface area contributed by atoms with E-state index in [0.29, 0.717) is 30.6 Å². The molecule has 1 fully saturated rings. The summed E-state index contributed by atoms with van der Waals surface area (Å²) in [6, 6.07) is 11.4. The van der Waals surface area contributed by atoms with E-state index in [1.165, 1.54) is 6.07 Å². The van der Waals surface area contributed by atoms with E-state index in [1.54, 1.807) is 4.90 Å². The maximum atomic E-state index is 13.8. The van der Waals surface area contributed by atoms with Crippen molar-refractivity contribution in [1.82, 2.24) is 9.88 Å². The summed E-state index contributed by atoms with van der Waals surface area (Å²) in [4.78, 5) is 30.7. The van der Waals surface area contributed by atoms with Gasteiger partial charge in [-0.1, -0.05) is 41.7 Å². The molecule has 3 aromatic rings. The van der Waals surface area contributed by atoms with Gasteiger partial charge in [0.1, 0.15) is 11.3 Å². The Labute approximate surface area is 164 Å². The van der Waals surface area contributed by atoms with Crippen LogP contribution in [0.3, 0.4) is 0 Å². The lowest BCUT2D eigenvalue weighted by Gasteiger charge is -2.16. The number of likely N-dealkylation sites (tertiary alicyclic amines) is 1. The van der Waals surface area contributed by atoms with E-state index in [2.05, 4.69) is 10.3 Å². The number of hydrogen-bond acceptors (Lipinski definition) is 4. The van der Waals surface area contributed by atoms with Gasteiger partial charge in [0.25, 0.3) is 0 Å². The highest BCUT2D eigenvalue weighted by Crippen LogP contribution is 2.29. The highest BCUT2D eigenvalue weighted by atomic mass is 32.1. The zero-order valence-corrected chi connectivity index (χ0v) is 15.6. The first-order valence-corrected chi connectivity index (χ1v) is 9.69. The molecule has 2 amide bonds. The van der Waals surface area contributed by atoms with Gasteiger partial charge < -0.3 is 10.2 Å². The van der Waals surface area contributed by atoms with Crippen LogP contribution in [0.1, 0.15) is 12.0 Å². The Bertz CT molecular complexity index is 1040. The summed E-state index contributed by atoms with van der Waals surface area (Å²) in [5.41, 5.74) is 0.969. The summed E-state index contributed by atoms with van der Waals surface area (Å²) < 4.78 is 27.4. The number of nitrogens with zero attached hydrogens (tertiary/aromatic N) is 2. The average molecular weight is 401 g/mol. The van der Waals surface area contributed by atoms with Crippen molar-refractivity contribution in [2.75, 3.05) is 18.4 Å². The van der Waals surface area contributed by atoms with Gasteiger partial charge in [0.15, 0.2) is 10.9 Å². The molecule has 1 aliphatic heterocycles. The number of nitrogens with one attached hydrogen (secondary N) is 1. The van der Waals surface area contributed by atoms with Crippen molar-refractivity contribution in [2.24, 2.45) is 5.92 Å². The van der Waals surface area contributed by atoms with Gasteiger partial charge in [0.2, 0.25) is 11.8 Å². The first-order valence-electron chi connectivity index (χ1n) is 8.88. The van der Waals surface area contributed by atoms with Gasteiger partial charge in [0, 0.05) is 19.2 Å². The summed E-state index contributed by atoms with van der Waals surface area (Å²) >= 11 is 1.02. The van der Waals surface area contributed by atoms with Crippen molar-refractivity contribution in [3.8, 4) is 0 Å². The molecule has 2 heterocycles. The molecule has 0 aliphatic carbocycles. The van der Waals surface area contributed by atoms with Crippen LogP contribution in [-0.4, -0.2) is 34.8 Å². The van der Waals surface area contributed by atoms with Crippen molar-refractivity contribution in [2.45, 2.75) is 12.8 Å². The zero-order valence-electron chi connectivity index (χ0n) is 14.8. The molecule has 28 heavy (non-hydrogen) atoms. The number of thiazole rings is 1. The van der Waals surface area contributed by atoms with Crippen LogP contribution in [0.5, 0.6) is 0 Å². The number of carbonyl (C=O) groups is 2. The number of fused-ring (bicyclic) bond motifs is 1. The molecular weight excluding hydrogens is 384 g/mol. The lowest BCUT2D eigenvalue weighted by molar-refractivity contribution is -0.129. The van der Waals surface area contributed by atoms with Crippen LogP contribution >= 0.6 is 11.3 Å². The number of aromatic nitrogens is 1. The van der Waals surface area contributed by atoms with Crippen molar-refractivity contribution < 1.29 is 18.4 Å². The maximum Gasteiger partial charge on any atom is 0.231 e. The predicted octanol–water partition coefficient (Wildman–Crippen LogP) is 3.60. The average Bonchev–Trinajstić information content (AvgIpc) is 3.29. The second-order valence-corrected chi connectivity index (χ2v) is 7.76. The minimum absolute atomic E-state index is 0.0148. The molecule has 144 valence electrons. The van der Waals surface area contributed by atoms with Crippen molar-refractivity contribution >= 4 is 38.5 Å². The van der Waals surface area contributed by atoms with Gasteiger partial charge in [-0.3, -0.25) is 9.59 Å². The van der Waals surface area contributed by atoms with Gasteiger partial charge in [-0.15, -0.1) is 0 Å². The van der Waals surface area contributed by atoms with Crippen molar-refractivity contribution in [3.05, 3.63) is 59.7 Å². The van der Waals surface area contributed by atoms with Crippen molar-refractivity contribution in [1.29, 1.82) is 0 Å².